The highest BCUT2D eigenvalue weighted by atomic mass is 16.5. The van der Waals surface area contributed by atoms with Crippen molar-refractivity contribution in [3.05, 3.63) is 81.8 Å². The Morgan fingerprint density at radius 3 is 2.70 bits per heavy atom. The van der Waals surface area contributed by atoms with Gasteiger partial charge in [0.1, 0.15) is 17.9 Å². The number of fused-ring (bicyclic) bond motifs is 1. The number of ether oxygens (including phenoxy) is 1. The lowest BCUT2D eigenvalue weighted by Crippen LogP contribution is -2.35. The van der Waals surface area contributed by atoms with Crippen molar-refractivity contribution >= 4 is 22.6 Å². The van der Waals surface area contributed by atoms with Gasteiger partial charge in [0.05, 0.1) is 24.8 Å². The van der Waals surface area contributed by atoms with Gasteiger partial charge in [-0.3, -0.25) is 9.59 Å². The minimum absolute atomic E-state index is 0.0814. The van der Waals surface area contributed by atoms with E-state index < -0.39 is 0 Å². The van der Waals surface area contributed by atoms with Crippen LogP contribution in [0.1, 0.15) is 40.2 Å². The number of hydrogen-bond donors (Lipinski definition) is 2. The van der Waals surface area contributed by atoms with E-state index in [2.05, 4.69) is 35.8 Å². The molecule has 1 aromatic carbocycles. The third-order valence-corrected chi connectivity index (χ3v) is 7.28. The molecule has 0 unspecified atom stereocenters. The zero-order chi connectivity index (χ0) is 25.9. The Hall–Kier alpha value is -4.14. The Bertz CT molecular complexity index is 1470. The van der Waals surface area contributed by atoms with Crippen molar-refractivity contribution in [2.45, 2.75) is 39.8 Å². The number of rotatable bonds is 7. The molecule has 0 aliphatic carbocycles. The molecule has 5 rings (SSSR count). The second kappa shape index (κ2) is 10.5. The first-order valence-electron chi connectivity index (χ1n) is 12.6. The van der Waals surface area contributed by atoms with Gasteiger partial charge in [-0.25, -0.2) is 9.97 Å². The van der Waals surface area contributed by atoms with Crippen LogP contribution in [0.25, 0.3) is 10.9 Å². The molecular formula is C28H32N6O3. The molecule has 0 saturated carbocycles. The number of piperidine rings is 1. The van der Waals surface area contributed by atoms with E-state index in [9.17, 15) is 9.59 Å². The van der Waals surface area contributed by atoms with Crippen molar-refractivity contribution in [3.8, 4) is 5.75 Å². The largest absolute Gasteiger partial charge is 0.496 e. The van der Waals surface area contributed by atoms with Crippen molar-refractivity contribution in [1.82, 2.24) is 24.8 Å². The number of nitrogens with zero attached hydrogens (tertiary/aromatic N) is 4. The molecule has 1 amide bonds. The number of H-pyrrole nitrogens is 1. The SMILES string of the molecule is COc1cc(C)[nH]c(=O)c1CNC(=O)c1c(C)n(CC2CCN(c3ccncn3)CC2)c2ccccc12. The van der Waals surface area contributed by atoms with Gasteiger partial charge in [-0.05, 0) is 50.8 Å². The van der Waals surface area contributed by atoms with Gasteiger partial charge in [0, 0.05) is 48.1 Å². The lowest BCUT2D eigenvalue weighted by Gasteiger charge is -2.33. The minimum Gasteiger partial charge on any atom is -0.496 e. The summed E-state index contributed by atoms with van der Waals surface area (Å²) in [6.07, 6.45) is 5.47. The highest BCUT2D eigenvalue weighted by Gasteiger charge is 2.25. The number of hydrogen-bond acceptors (Lipinski definition) is 6. The normalized spacial score (nSPS) is 14.2. The molecular weight excluding hydrogens is 468 g/mol. The van der Waals surface area contributed by atoms with Crippen molar-refractivity contribution < 1.29 is 9.53 Å². The molecule has 192 valence electrons. The fourth-order valence-electron chi connectivity index (χ4n) is 5.32. The number of carbonyl (C=O) groups is 1. The Morgan fingerprint density at radius 1 is 1.19 bits per heavy atom. The summed E-state index contributed by atoms with van der Waals surface area (Å²) in [5, 5.41) is 3.87. The third-order valence-electron chi connectivity index (χ3n) is 7.28. The Labute approximate surface area is 215 Å². The number of aromatic amines is 1. The monoisotopic (exact) mass is 500 g/mol. The van der Waals surface area contributed by atoms with Gasteiger partial charge in [-0.2, -0.15) is 0 Å². The number of methoxy groups -OCH3 is 1. The van der Waals surface area contributed by atoms with Crippen LogP contribution in [0.5, 0.6) is 5.75 Å². The molecule has 9 heteroatoms. The van der Waals surface area contributed by atoms with E-state index in [0.29, 0.717) is 28.5 Å². The van der Waals surface area contributed by atoms with Crippen molar-refractivity contribution in [3.63, 3.8) is 0 Å². The van der Waals surface area contributed by atoms with Crippen LogP contribution < -0.4 is 20.5 Å². The van der Waals surface area contributed by atoms with Crippen molar-refractivity contribution in [1.29, 1.82) is 0 Å². The average molecular weight is 501 g/mol. The average Bonchev–Trinajstić information content (AvgIpc) is 3.19. The van der Waals surface area contributed by atoms with Gasteiger partial charge >= 0.3 is 0 Å². The van der Waals surface area contributed by atoms with Gasteiger partial charge in [0.25, 0.3) is 11.5 Å². The lowest BCUT2D eigenvalue weighted by atomic mass is 9.96. The van der Waals surface area contributed by atoms with E-state index >= 15 is 0 Å². The molecule has 0 spiro atoms. The summed E-state index contributed by atoms with van der Waals surface area (Å²) < 4.78 is 7.65. The summed E-state index contributed by atoms with van der Waals surface area (Å²) in [5.41, 5.74) is 3.48. The first-order chi connectivity index (χ1) is 18.0. The van der Waals surface area contributed by atoms with Crippen LogP contribution in [0.4, 0.5) is 5.82 Å². The maximum Gasteiger partial charge on any atom is 0.256 e. The van der Waals surface area contributed by atoms with Crippen LogP contribution in [0.2, 0.25) is 0 Å². The highest BCUT2D eigenvalue weighted by molar-refractivity contribution is 6.08. The molecule has 37 heavy (non-hydrogen) atoms. The molecule has 1 aliphatic heterocycles. The molecule has 0 bridgehead atoms. The van der Waals surface area contributed by atoms with Crippen molar-refractivity contribution in [2.75, 3.05) is 25.1 Å². The predicted molar refractivity (Wildman–Crippen MR) is 143 cm³/mol. The Balaban J connectivity index is 1.35. The van der Waals surface area contributed by atoms with Crippen molar-refractivity contribution in [2.24, 2.45) is 5.92 Å². The number of aromatic nitrogens is 4. The number of amides is 1. The summed E-state index contributed by atoms with van der Waals surface area (Å²) in [7, 11) is 1.52. The second-order valence-electron chi connectivity index (χ2n) is 9.60. The highest BCUT2D eigenvalue weighted by Crippen LogP contribution is 2.30. The van der Waals surface area contributed by atoms with Crippen LogP contribution in [0, 0.1) is 19.8 Å². The molecule has 2 N–H and O–H groups in total. The molecule has 9 nitrogen and oxygen atoms in total. The molecule has 3 aromatic heterocycles. The van der Waals surface area contributed by atoms with Crippen LogP contribution in [0.15, 0.2) is 53.7 Å². The zero-order valence-corrected chi connectivity index (χ0v) is 21.5. The summed E-state index contributed by atoms with van der Waals surface area (Å²) >= 11 is 0. The zero-order valence-electron chi connectivity index (χ0n) is 21.5. The number of anilines is 1. The van der Waals surface area contributed by atoms with Gasteiger partial charge in [-0.1, -0.05) is 18.2 Å². The molecule has 1 saturated heterocycles. The van der Waals surface area contributed by atoms with Crippen LogP contribution >= 0.6 is 0 Å². The van der Waals surface area contributed by atoms with Crippen LogP contribution in [-0.2, 0) is 13.1 Å². The van der Waals surface area contributed by atoms with Crippen LogP contribution in [-0.4, -0.2) is 45.6 Å². The third kappa shape index (κ3) is 4.94. The molecule has 1 fully saturated rings. The molecule has 4 aromatic rings. The first-order valence-corrected chi connectivity index (χ1v) is 12.6. The van der Waals surface area contributed by atoms with Gasteiger partial charge < -0.3 is 24.5 Å². The molecule has 0 radical (unpaired) electrons. The summed E-state index contributed by atoms with van der Waals surface area (Å²) in [6.45, 7) is 6.62. The number of para-hydroxylation sites is 1. The quantitative estimate of drug-likeness (QED) is 0.402. The maximum absolute atomic E-state index is 13.4. The smallest absolute Gasteiger partial charge is 0.256 e. The van der Waals surface area contributed by atoms with Gasteiger partial charge in [0.15, 0.2) is 0 Å². The minimum atomic E-state index is -0.260. The predicted octanol–water partition coefficient (Wildman–Crippen LogP) is 3.59. The summed E-state index contributed by atoms with van der Waals surface area (Å²) in [4.78, 5) is 39.4. The fourth-order valence-corrected chi connectivity index (χ4v) is 5.32. The molecule has 4 heterocycles. The molecule has 1 aliphatic rings. The number of nitrogens with one attached hydrogen (secondary N) is 2. The van der Waals surface area contributed by atoms with Gasteiger partial charge in [0.2, 0.25) is 0 Å². The lowest BCUT2D eigenvalue weighted by molar-refractivity contribution is 0.0951. The Morgan fingerprint density at radius 2 is 1.97 bits per heavy atom. The fraction of sp³-hybridized carbons (Fsp3) is 0.357. The van der Waals surface area contributed by atoms with E-state index in [1.165, 1.54) is 7.11 Å². The second-order valence-corrected chi connectivity index (χ2v) is 9.60. The van der Waals surface area contributed by atoms with E-state index in [-0.39, 0.29) is 18.0 Å². The van der Waals surface area contributed by atoms with E-state index in [1.807, 2.05) is 31.2 Å². The number of aryl methyl sites for hydroxylation is 1. The van der Waals surface area contributed by atoms with Crippen LogP contribution in [0.3, 0.4) is 0 Å². The Kier molecular flexibility index (Phi) is 6.94. The van der Waals surface area contributed by atoms with E-state index in [4.69, 9.17) is 4.74 Å². The molecule has 0 atom stereocenters. The number of carbonyl (C=O) groups excluding carboxylic acids is 1. The maximum atomic E-state index is 13.4. The number of benzene rings is 1. The van der Waals surface area contributed by atoms with E-state index in [0.717, 1.165) is 54.9 Å². The summed E-state index contributed by atoms with van der Waals surface area (Å²) in [5.74, 6) is 1.74. The first kappa shape index (κ1) is 24.5. The standard InChI is InChI=1S/C28H32N6O3/c1-18-14-24(37-3)22(27(35)32-18)15-30-28(36)26-19(2)34(23-7-5-4-6-21(23)26)16-20-9-12-33(13-10-20)25-8-11-29-17-31-25/h4-8,11,14,17,20H,9-10,12-13,15-16H2,1-3H3,(H,30,36)(H,32,35). The summed E-state index contributed by atoms with van der Waals surface area (Å²) in [6, 6.07) is 11.7. The van der Waals surface area contributed by atoms with E-state index in [1.54, 1.807) is 25.5 Å². The topological polar surface area (TPSA) is 105 Å². The van der Waals surface area contributed by atoms with Gasteiger partial charge in [-0.15, -0.1) is 0 Å². The number of pyridine rings is 1.